The Morgan fingerprint density at radius 2 is 2.00 bits per heavy atom. The number of ketones is 1. The molecule has 0 bridgehead atoms. The summed E-state index contributed by atoms with van der Waals surface area (Å²) in [5.74, 6) is 0.491. The van der Waals surface area contributed by atoms with E-state index in [1.165, 1.54) is 11.8 Å². The van der Waals surface area contributed by atoms with E-state index in [-0.39, 0.29) is 5.78 Å². The molecule has 1 aliphatic heterocycles. The van der Waals surface area contributed by atoms with Crippen molar-refractivity contribution in [1.82, 2.24) is 4.98 Å². The molecule has 0 unspecified atom stereocenters. The van der Waals surface area contributed by atoms with Gasteiger partial charge in [-0.3, -0.25) is 4.79 Å². The predicted octanol–water partition coefficient (Wildman–Crippen LogP) is 2.18. The van der Waals surface area contributed by atoms with E-state index in [9.17, 15) is 4.79 Å². The van der Waals surface area contributed by atoms with Crippen LogP contribution >= 0.6 is 11.8 Å². The van der Waals surface area contributed by atoms with Crippen LogP contribution < -0.4 is 5.73 Å². The first-order valence-corrected chi connectivity index (χ1v) is 6.26. The third-order valence-corrected chi connectivity index (χ3v) is 3.66. The van der Waals surface area contributed by atoms with Crippen molar-refractivity contribution < 1.29 is 4.79 Å². The van der Waals surface area contributed by atoms with Gasteiger partial charge in [0.1, 0.15) is 0 Å². The second kappa shape index (κ2) is 3.89. The van der Waals surface area contributed by atoms with Crippen molar-refractivity contribution in [3.05, 3.63) is 47.1 Å². The zero-order valence-electron chi connectivity index (χ0n) is 9.01. The van der Waals surface area contributed by atoms with Gasteiger partial charge in [-0.1, -0.05) is 36.0 Å². The maximum Gasteiger partial charge on any atom is 0.177 e. The van der Waals surface area contributed by atoms with E-state index >= 15 is 0 Å². The van der Waals surface area contributed by atoms with Crippen LogP contribution in [0, 0.1) is 0 Å². The fourth-order valence-corrected chi connectivity index (χ4v) is 2.69. The number of Topliss-reactive ketones (excluding diaryl/α,β-unsaturated/α-hetero) is 1. The Balaban J connectivity index is 2.19. The van der Waals surface area contributed by atoms with Crippen molar-refractivity contribution in [2.24, 2.45) is 5.73 Å². The van der Waals surface area contributed by atoms with Crippen molar-refractivity contribution in [3.63, 3.8) is 0 Å². The van der Waals surface area contributed by atoms with E-state index in [0.29, 0.717) is 22.0 Å². The van der Waals surface area contributed by atoms with Crippen LogP contribution in [-0.4, -0.2) is 16.5 Å². The zero-order valence-corrected chi connectivity index (χ0v) is 9.83. The number of carbonyl (C=O) groups excluding carboxylic acids is 1. The fraction of sp³-hybridized carbons (Fsp3) is 0.0769. The van der Waals surface area contributed by atoms with Gasteiger partial charge in [0.2, 0.25) is 0 Å². The molecule has 0 spiro atoms. The summed E-state index contributed by atoms with van der Waals surface area (Å²) in [5.41, 5.74) is 7.96. The topological polar surface area (TPSA) is 56.0 Å². The van der Waals surface area contributed by atoms with Crippen LogP contribution in [0.2, 0.25) is 0 Å². The average molecular weight is 242 g/mol. The molecule has 0 radical (unpaired) electrons. The number of nitrogens with zero attached hydrogens (tertiary/aromatic N) is 1. The maximum absolute atomic E-state index is 11.7. The van der Waals surface area contributed by atoms with E-state index in [4.69, 9.17) is 5.73 Å². The average Bonchev–Trinajstić information content (AvgIpc) is 2.68. The monoisotopic (exact) mass is 242 g/mol. The molecule has 0 atom stereocenters. The molecule has 3 nitrogen and oxygen atoms in total. The number of hydrogen-bond donors (Lipinski definition) is 1. The molecular formula is C13H10N2OS. The first-order chi connectivity index (χ1) is 8.25. The number of pyridine rings is 1. The second-order valence-corrected chi connectivity index (χ2v) is 4.86. The lowest BCUT2D eigenvalue weighted by Gasteiger charge is -2.03. The highest BCUT2D eigenvalue weighted by Gasteiger charge is 2.24. The number of allylic oxidation sites excluding steroid dienone is 1. The van der Waals surface area contributed by atoms with Crippen molar-refractivity contribution in [3.8, 4) is 0 Å². The minimum atomic E-state index is 0.0651. The van der Waals surface area contributed by atoms with E-state index in [2.05, 4.69) is 4.98 Å². The number of nitrogens with two attached hydrogens (primary N) is 1. The van der Waals surface area contributed by atoms with Crippen LogP contribution in [0.3, 0.4) is 0 Å². The van der Waals surface area contributed by atoms with Gasteiger partial charge in [0.05, 0.1) is 27.6 Å². The van der Waals surface area contributed by atoms with Crippen LogP contribution in [0.4, 0.5) is 0 Å². The molecule has 3 rings (SSSR count). The van der Waals surface area contributed by atoms with Gasteiger partial charge in [-0.05, 0) is 12.1 Å². The van der Waals surface area contributed by atoms with Gasteiger partial charge in [0.25, 0.3) is 0 Å². The standard InChI is InChI=1S/C13H10N2OS/c14-13-12(11(16)7-17-13)10-6-5-8-3-1-2-4-9(8)15-10/h1-6H,7,14H2. The first-order valence-electron chi connectivity index (χ1n) is 5.27. The van der Waals surface area contributed by atoms with Gasteiger partial charge in [0, 0.05) is 5.39 Å². The summed E-state index contributed by atoms with van der Waals surface area (Å²) in [7, 11) is 0. The van der Waals surface area contributed by atoms with Gasteiger partial charge in [-0.2, -0.15) is 0 Å². The Bertz CT molecular complexity index is 649. The van der Waals surface area contributed by atoms with E-state index in [0.717, 1.165) is 10.9 Å². The zero-order chi connectivity index (χ0) is 11.8. The van der Waals surface area contributed by atoms with Crippen LogP contribution in [0.25, 0.3) is 16.5 Å². The quantitative estimate of drug-likeness (QED) is 0.832. The normalized spacial score (nSPS) is 15.9. The molecule has 1 aromatic carbocycles. The second-order valence-electron chi connectivity index (χ2n) is 3.84. The van der Waals surface area contributed by atoms with Gasteiger partial charge in [0.15, 0.2) is 5.78 Å². The highest BCUT2D eigenvalue weighted by Crippen LogP contribution is 2.31. The number of carbonyl (C=O) groups is 1. The molecular weight excluding hydrogens is 232 g/mol. The lowest BCUT2D eigenvalue weighted by Crippen LogP contribution is -2.03. The van der Waals surface area contributed by atoms with Gasteiger partial charge >= 0.3 is 0 Å². The molecule has 0 amide bonds. The van der Waals surface area contributed by atoms with Crippen LogP contribution in [0.1, 0.15) is 5.69 Å². The van der Waals surface area contributed by atoms with Crippen LogP contribution in [-0.2, 0) is 4.79 Å². The molecule has 17 heavy (non-hydrogen) atoms. The summed E-state index contributed by atoms with van der Waals surface area (Å²) in [5, 5.41) is 1.64. The van der Waals surface area contributed by atoms with E-state index in [1.54, 1.807) is 0 Å². The van der Waals surface area contributed by atoms with Crippen molar-refractivity contribution in [2.75, 3.05) is 5.75 Å². The summed E-state index contributed by atoms with van der Waals surface area (Å²) in [6.07, 6.45) is 0. The molecule has 1 aliphatic rings. The number of rotatable bonds is 1. The predicted molar refractivity (Wildman–Crippen MR) is 70.3 cm³/mol. The molecule has 0 aliphatic carbocycles. The third kappa shape index (κ3) is 1.70. The first kappa shape index (κ1) is 10.4. The Morgan fingerprint density at radius 3 is 2.76 bits per heavy atom. The highest BCUT2D eigenvalue weighted by atomic mass is 32.2. The molecule has 1 aromatic heterocycles. The third-order valence-electron chi connectivity index (χ3n) is 2.74. The van der Waals surface area contributed by atoms with E-state index < -0.39 is 0 Å². The van der Waals surface area contributed by atoms with Crippen LogP contribution in [0.5, 0.6) is 0 Å². The summed E-state index contributed by atoms with van der Waals surface area (Å²) >= 11 is 1.38. The minimum absolute atomic E-state index is 0.0651. The van der Waals surface area contributed by atoms with Crippen LogP contribution in [0.15, 0.2) is 41.4 Å². The van der Waals surface area contributed by atoms with Crippen molar-refractivity contribution in [1.29, 1.82) is 0 Å². The number of fused-ring (bicyclic) bond motifs is 1. The Labute approximate surface area is 103 Å². The molecule has 2 heterocycles. The minimum Gasteiger partial charge on any atom is -0.393 e. The number of aromatic nitrogens is 1. The highest BCUT2D eigenvalue weighted by molar-refractivity contribution is 8.04. The Morgan fingerprint density at radius 1 is 1.18 bits per heavy atom. The summed E-state index contributed by atoms with van der Waals surface area (Å²) in [4.78, 5) is 16.2. The molecule has 0 fully saturated rings. The lowest BCUT2D eigenvalue weighted by molar-refractivity contribution is -0.111. The molecule has 0 saturated carbocycles. The van der Waals surface area contributed by atoms with Gasteiger partial charge in [-0.25, -0.2) is 4.98 Å². The van der Waals surface area contributed by atoms with Crippen molar-refractivity contribution >= 4 is 34.0 Å². The molecule has 2 N–H and O–H groups in total. The maximum atomic E-state index is 11.7. The Kier molecular flexibility index (Phi) is 2.37. The molecule has 2 aromatic rings. The summed E-state index contributed by atoms with van der Waals surface area (Å²) in [6, 6.07) is 11.6. The number of benzene rings is 1. The number of para-hydroxylation sites is 1. The number of thioether (sulfide) groups is 1. The SMILES string of the molecule is NC1=C(c2ccc3ccccc3n2)C(=O)CS1. The number of hydrogen-bond acceptors (Lipinski definition) is 4. The lowest BCUT2D eigenvalue weighted by atomic mass is 10.1. The summed E-state index contributed by atoms with van der Waals surface area (Å²) in [6.45, 7) is 0. The van der Waals surface area contributed by atoms with Gasteiger partial charge in [-0.15, -0.1) is 0 Å². The smallest absolute Gasteiger partial charge is 0.177 e. The van der Waals surface area contributed by atoms with E-state index in [1.807, 2.05) is 36.4 Å². The molecule has 0 saturated heterocycles. The summed E-state index contributed by atoms with van der Waals surface area (Å²) < 4.78 is 0. The molecule has 4 heteroatoms. The Hall–Kier alpha value is -1.81. The largest absolute Gasteiger partial charge is 0.393 e. The molecule has 84 valence electrons. The van der Waals surface area contributed by atoms with Gasteiger partial charge < -0.3 is 5.73 Å². The van der Waals surface area contributed by atoms with Crippen molar-refractivity contribution in [2.45, 2.75) is 0 Å². The fourth-order valence-electron chi connectivity index (χ4n) is 1.90.